The maximum atomic E-state index is 5.49. The van der Waals surface area contributed by atoms with Crippen LogP contribution in [0.15, 0.2) is 24.5 Å². The van der Waals surface area contributed by atoms with Crippen molar-refractivity contribution in [3.05, 3.63) is 24.5 Å². The zero-order valence-electron chi connectivity index (χ0n) is 14.7. The average molecular weight is 316 g/mol. The second kappa shape index (κ2) is 8.67. The minimum atomic E-state index is 0.383. The van der Waals surface area contributed by atoms with Crippen molar-refractivity contribution >= 4 is 16.7 Å². The number of fused-ring (bicyclic) bond motifs is 1. The van der Waals surface area contributed by atoms with Crippen LogP contribution in [0.1, 0.15) is 33.6 Å². The summed E-state index contributed by atoms with van der Waals surface area (Å²) in [5.74, 6) is 0.814. The van der Waals surface area contributed by atoms with Crippen LogP contribution in [0.3, 0.4) is 0 Å². The molecule has 1 heterocycles. The maximum Gasteiger partial charge on any atom is 0.144 e. The number of benzene rings is 1. The zero-order chi connectivity index (χ0) is 16.7. The summed E-state index contributed by atoms with van der Waals surface area (Å²) < 4.78 is 5.49. The molecule has 0 saturated carbocycles. The molecule has 23 heavy (non-hydrogen) atoms. The molecule has 0 aliphatic carbocycles. The Morgan fingerprint density at radius 1 is 1.13 bits per heavy atom. The zero-order valence-corrected chi connectivity index (χ0v) is 14.7. The Bertz CT molecular complexity index is 613. The molecule has 0 aliphatic heterocycles. The number of methoxy groups -OCH3 is 1. The van der Waals surface area contributed by atoms with Crippen molar-refractivity contribution in [2.24, 2.45) is 0 Å². The Labute approximate surface area is 139 Å². The Morgan fingerprint density at radius 2 is 1.78 bits per heavy atom. The quantitative estimate of drug-likeness (QED) is 0.766. The molecule has 0 fully saturated rings. The van der Waals surface area contributed by atoms with Crippen LogP contribution in [-0.4, -0.2) is 47.7 Å². The molecule has 5 heteroatoms. The summed E-state index contributed by atoms with van der Waals surface area (Å²) in [5, 5.41) is 3.55. The molecule has 2 rings (SSSR count). The predicted octanol–water partition coefficient (Wildman–Crippen LogP) is 3.56. The van der Waals surface area contributed by atoms with Crippen LogP contribution in [0.4, 0.5) is 5.69 Å². The largest absolute Gasteiger partial charge is 0.495 e. The van der Waals surface area contributed by atoms with Crippen molar-refractivity contribution in [2.75, 3.05) is 32.1 Å². The third-order valence-corrected chi connectivity index (χ3v) is 4.20. The highest BCUT2D eigenvalue weighted by Crippen LogP contribution is 2.29. The van der Waals surface area contributed by atoms with Gasteiger partial charge in [0.25, 0.3) is 0 Å². The topological polar surface area (TPSA) is 50.3 Å². The molecule has 1 aromatic heterocycles. The normalized spacial score (nSPS) is 12.6. The molecule has 0 bridgehead atoms. The lowest BCUT2D eigenvalue weighted by Gasteiger charge is -2.21. The van der Waals surface area contributed by atoms with Gasteiger partial charge in [0.1, 0.15) is 5.75 Å². The summed E-state index contributed by atoms with van der Waals surface area (Å²) in [6, 6.07) is 4.34. The first kappa shape index (κ1) is 17.5. The Morgan fingerprint density at radius 3 is 2.39 bits per heavy atom. The van der Waals surface area contributed by atoms with Gasteiger partial charge in [0.2, 0.25) is 0 Å². The minimum Gasteiger partial charge on any atom is -0.495 e. The molecular weight excluding hydrogens is 288 g/mol. The van der Waals surface area contributed by atoms with Crippen LogP contribution in [0, 0.1) is 0 Å². The molecule has 5 nitrogen and oxygen atoms in total. The summed E-state index contributed by atoms with van der Waals surface area (Å²) in [7, 11) is 1.69. The number of nitrogens with zero attached hydrogens (tertiary/aromatic N) is 3. The van der Waals surface area contributed by atoms with E-state index in [4.69, 9.17) is 4.74 Å². The first-order valence-electron chi connectivity index (χ1n) is 8.45. The maximum absolute atomic E-state index is 5.49. The SMILES string of the molecule is CCN(CC)CCCC(C)Nc1cc2nccnc2cc1OC. The fourth-order valence-corrected chi connectivity index (χ4v) is 2.77. The smallest absolute Gasteiger partial charge is 0.144 e. The molecule has 0 aliphatic rings. The molecule has 1 atom stereocenters. The van der Waals surface area contributed by atoms with Crippen LogP contribution in [-0.2, 0) is 0 Å². The van der Waals surface area contributed by atoms with Gasteiger partial charge in [-0.2, -0.15) is 0 Å². The summed E-state index contributed by atoms with van der Waals surface area (Å²) in [4.78, 5) is 11.1. The van der Waals surface area contributed by atoms with Crippen LogP contribution < -0.4 is 10.1 Å². The fraction of sp³-hybridized carbons (Fsp3) is 0.556. The number of hydrogen-bond donors (Lipinski definition) is 1. The highest BCUT2D eigenvalue weighted by Gasteiger charge is 2.10. The minimum absolute atomic E-state index is 0.383. The van der Waals surface area contributed by atoms with Gasteiger partial charge >= 0.3 is 0 Å². The standard InChI is InChI=1S/C18H28N4O/c1-5-22(6-2)11-7-8-14(3)21-17-12-15-16(13-18(17)23-4)20-10-9-19-15/h9-10,12-14,21H,5-8,11H2,1-4H3. The van der Waals surface area contributed by atoms with Gasteiger partial charge in [0.05, 0.1) is 23.8 Å². The number of rotatable bonds is 9. The molecule has 0 spiro atoms. The molecule has 1 unspecified atom stereocenters. The van der Waals surface area contributed by atoms with Gasteiger partial charge in [0.15, 0.2) is 0 Å². The first-order chi connectivity index (χ1) is 11.2. The van der Waals surface area contributed by atoms with Gasteiger partial charge in [-0.3, -0.25) is 9.97 Å². The number of hydrogen-bond acceptors (Lipinski definition) is 5. The Hall–Kier alpha value is -1.88. The first-order valence-corrected chi connectivity index (χ1v) is 8.45. The number of nitrogens with one attached hydrogen (secondary N) is 1. The number of ether oxygens (including phenoxy) is 1. The molecule has 1 aromatic carbocycles. The molecule has 0 radical (unpaired) electrons. The van der Waals surface area contributed by atoms with Crippen LogP contribution >= 0.6 is 0 Å². The third kappa shape index (κ3) is 4.79. The van der Waals surface area contributed by atoms with Crippen molar-refractivity contribution in [2.45, 2.75) is 39.7 Å². The van der Waals surface area contributed by atoms with Crippen LogP contribution in [0.2, 0.25) is 0 Å². The Balaban J connectivity index is 1.99. The molecule has 0 saturated heterocycles. The van der Waals surface area contributed by atoms with Gasteiger partial charge in [-0.25, -0.2) is 0 Å². The second-order valence-corrected chi connectivity index (χ2v) is 5.81. The van der Waals surface area contributed by atoms with Crippen LogP contribution in [0.5, 0.6) is 5.75 Å². The van der Waals surface area contributed by atoms with Crippen molar-refractivity contribution in [3.8, 4) is 5.75 Å². The average Bonchev–Trinajstić information content (AvgIpc) is 2.58. The summed E-state index contributed by atoms with van der Waals surface area (Å²) >= 11 is 0. The lowest BCUT2D eigenvalue weighted by Crippen LogP contribution is -2.25. The molecule has 2 aromatic rings. The van der Waals surface area contributed by atoms with Gasteiger partial charge < -0.3 is 15.0 Å². The third-order valence-electron chi connectivity index (χ3n) is 4.20. The van der Waals surface area contributed by atoms with Crippen molar-refractivity contribution < 1.29 is 4.74 Å². The van der Waals surface area contributed by atoms with Gasteiger partial charge in [0, 0.05) is 24.5 Å². The Kier molecular flexibility index (Phi) is 6.59. The fourth-order valence-electron chi connectivity index (χ4n) is 2.77. The molecule has 1 N–H and O–H groups in total. The monoisotopic (exact) mass is 316 g/mol. The summed E-state index contributed by atoms with van der Waals surface area (Å²) in [6.07, 6.45) is 5.72. The number of aromatic nitrogens is 2. The predicted molar refractivity (Wildman–Crippen MR) is 96.2 cm³/mol. The van der Waals surface area contributed by atoms with Crippen molar-refractivity contribution in [1.29, 1.82) is 0 Å². The molecular formula is C18H28N4O. The van der Waals surface area contributed by atoms with Crippen molar-refractivity contribution in [3.63, 3.8) is 0 Å². The lowest BCUT2D eigenvalue weighted by molar-refractivity contribution is 0.295. The van der Waals surface area contributed by atoms with E-state index in [1.54, 1.807) is 19.5 Å². The van der Waals surface area contributed by atoms with E-state index in [0.717, 1.165) is 48.5 Å². The molecule has 126 valence electrons. The second-order valence-electron chi connectivity index (χ2n) is 5.81. The van der Waals surface area contributed by atoms with E-state index in [1.807, 2.05) is 12.1 Å². The van der Waals surface area contributed by atoms with Crippen molar-refractivity contribution in [1.82, 2.24) is 14.9 Å². The summed E-state index contributed by atoms with van der Waals surface area (Å²) in [6.45, 7) is 10.0. The molecule has 0 amide bonds. The van der Waals surface area contributed by atoms with E-state index >= 15 is 0 Å². The van der Waals surface area contributed by atoms with Crippen LogP contribution in [0.25, 0.3) is 11.0 Å². The van der Waals surface area contributed by atoms with Gasteiger partial charge in [-0.05, 0) is 45.5 Å². The highest BCUT2D eigenvalue weighted by atomic mass is 16.5. The summed E-state index contributed by atoms with van der Waals surface area (Å²) in [5.41, 5.74) is 2.71. The van der Waals surface area contributed by atoms with E-state index in [1.165, 1.54) is 6.42 Å². The van der Waals surface area contributed by atoms with E-state index in [9.17, 15) is 0 Å². The van der Waals surface area contributed by atoms with E-state index in [2.05, 4.69) is 41.0 Å². The van der Waals surface area contributed by atoms with E-state index < -0.39 is 0 Å². The number of anilines is 1. The van der Waals surface area contributed by atoms with E-state index in [-0.39, 0.29) is 0 Å². The highest BCUT2D eigenvalue weighted by molar-refractivity contribution is 5.82. The lowest BCUT2D eigenvalue weighted by atomic mass is 10.1. The van der Waals surface area contributed by atoms with Gasteiger partial charge in [-0.15, -0.1) is 0 Å². The van der Waals surface area contributed by atoms with E-state index in [0.29, 0.717) is 6.04 Å². The van der Waals surface area contributed by atoms with Gasteiger partial charge in [-0.1, -0.05) is 13.8 Å².